The number of carbonyl (C=O) groups is 1. The van der Waals surface area contributed by atoms with Crippen LogP contribution < -0.4 is 10.5 Å². The van der Waals surface area contributed by atoms with E-state index >= 15 is 0 Å². The largest absolute Gasteiger partial charge is 0.490 e. The van der Waals surface area contributed by atoms with Crippen LogP contribution in [0.25, 0.3) is 10.9 Å². The fourth-order valence-corrected chi connectivity index (χ4v) is 3.15. The number of anilines is 1. The van der Waals surface area contributed by atoms with E-state index in [4.69, 9.17) is 10.5 Å². The molecule has 0 unspecified atom stereocenters. The van der Waals surface area contributed by atoms with Gasteiger partial charge in [-0.05, 0) is 44.7 Å². The third kappa shape index (κ3) is 2.94. The molecule has 6 heteroatoms. The maximum atomic E-state index is 11.4. The lowest BCUT2D eigenvalue weighted by Crippen LogP contribution is -2.26. The Balaban J connectivity index is 2.03. The number of benzene rings is 1. The van der Waals surface area contributed by atoms with Crippen LogP contribution in [0.2, 0.25) is 0 Å². The highest BCUT2D eigenvalue weighted by molar-refractivity contribution is 6.06. The number of hydrogen-bond donors (Lipinski definition) is 3. The zero-order valence-corrected chi connectivity index (χ0v) is 13.0. The normalized spacial score (nSPS) is 21.3. The number of carboxylic acid groups (broad SMARTS) is 1. The molecule has 6 nitrogen and oxygen atoms in total. The Bertz CT molecular complexity index is 752. The number of fused-ring (bicyclic) bond motifs is 1. The number of hydrogen-bond acceptors (Lipinski definition) is 5. The van der Waals surface area contributed by atoms with Crippen LogP contribution in [0.5, 0.6) is 5.75 Å². The molecule has 0 atom stereocenters. The topological polar surface area (TPSA) is 106 Å². The summed E-state index contributed by atoms with van der Waals surface area (Å²) in [5.41, 5.74) is 7.33. The smallest absolute Gasteiger partial charge is 0.339 e. The zero-order chi connectivity index (χ0) is 16.6. The molecule has 0 aliphatic heterocycles. The zero-order valence-electron chi connectivity index (χ0n) is 13.0. The average Bonchev–Trinajstić information content (AvgIpc) is 2.49. The standard InChI is InChI=1S/C17H20N2O4/c1-9-14(17(21)22)16(18)15-12(19-9)3-2-4-13(15)23-11-7-5-10(20)6-8-11/h2-4,10-11,20H,5-8H2,1H3,(H2,18,19)(H,21,22)/t10-,11+. The summed E-state index contributed by atoms with van der Waals surface area (Å²) in [4.78, 5) is 15.8. The monoisotopic (exact) mass is 316 g/mol. The van der Waals surface area contributed by atoms with Crippen LogP contribution in [0, 0.1) is 6.92 Å². The molecular formula is C17H20N2O4. The van der Waals surface area contributed by atoms with E-state index in [1.165, 1.54) is 0 Å². The van der Waals surface area contributed by atoms with E-state index in [0.717, 1.165) is 12.8 Å². The van der Waals surface area contributed by atoms with Crippen LogP contribution in [-0.4, -0.2) is 33.4 Å². The van der Waals surface area contributed by atoms with Crippen molar-refractivity contribution >= 4 is 22.6 Å². The van der Waals surface area contributed by atoms with E-state index in [-0.39, 0.29) is 23.5 Å². The van der Waals surface area contributed by atoms with Crippen molar-refractivity contribution < 1.29 is 19.7 Å². The molecule has 0 saturated heterocycles. The molecule has 1 aliphatic rings. The first kappa shape index (κ1) is 15.6. The van der Waals surface area contributed by atoms with Gasteiger partial charge in [0.25, 0.3) is 0 Å². The highest BCUT2D eigenvalue weighted by atomic mass is 16.5. The van der Waals surface area contributed by atoms with Gasteiger partial charge < -0.3 is 20.7 Å². The van der Waals surface area contributed by atoms with Crippen molar-refractivity contribution in [3.8, 4) is 5.75 Å². The van der Waals surface area contributed by atoms with Crippen molar-refractivity contribution in [3.05, 3.63) is 29.5 Å². The van der Waals surface area contributed by atoms with Gasteiger partial charge in [0.15, 0.2) is 0 Å². The lowest BCUT2D eigenvalue weighted by Gasteiger charge is -2.27. The van der Waals surface area contributed by atoms with E-state index in [0.29, 0.717) is 35.2 Å². The summed E-state index contributed by atoms with van der Waals surface area (Å²) in [6.07, 6.45) is 2.70. The number of aromatic nitrogens is 1. The van der Waals surface area contributed by atoms with Crippen LogP contribution in [0.15, 0.2) is 18.2 Å². The van der Waals surface area contributed by atoms with Crippen molar-refractivity contribution in [2.45, 2.75) is 44.8 Å². The maximum absolute atomic E-state index is 11.4. The van der Waals surface area contributed by atoms with Crippen molar-refractivity contribution in [2.24, 2.45) is 0 Å². The van der Waals surface area contributed by atoms with E-state index in [2.05, 4.69) is 4.98 Å². The molecular weight excluding hydrogens is 296 g/mol. The quantitative estimate of drug-likeness (QED) is 0.803. The number of aliphatic hydroxyl groups excluding tert-OH is 1. The minimum Gasteiger partial charge on any atom is -0.490 e. The Morgan fingerprint density at radius 3 is 2.65 bits per heavy atom. The Morgan fingerprint density at radius 1 is 1.30 bits per heavy atom. The SMILES string of the molecule is Cc1nc2cccc(O[C@H]3CC[C@@H](O)CC3)c2c(N)c1C(=O)O. The number of nitrogen functional groups attached to an aromatic ring is 1. The summed E-state index contributed by atoms with van der Waals surface area (Å²) in [5.74, 6) is -0.540. The number of aromatic carboxylic acids is 1. The highest BCUT2D eigenvalue weighted by Crippen LogP contribution is 2.35. The van der Waals surface area contributed by atoms with E-state index in [1.807, 2.05) is 6.07 Å². The fraction of sp³-hybridized carbons (Fsp3) is 0.412. The summed E-state index contributed by atoms with van der Waals surface area (Å²) in [6, 6.07) is 5.40. The Labute approximate surface area is 133 Å². The van der Waals surface area contributed by atoms with Gasteiger partial charge in [-0.3, -0.25) is 4.98 Å². The summed E-state index contributed by atoms with van der Waals surface area (Å²) >= 11 is 0. The molecule has 1 saturated carbocycles. The van der Waals surface area contributed by atoms with E-state index in [9.17, 15) is 15.0 Å². The van der Waals surface area contributed by atoms with Gasteiger partial charge in [-0.25, -0.2) is 4.79 Å². The van der Waals surface area contributed by atoms with Crippen LogP contribution in [0.4, 0.5) is 5.69 Å². The molecule has 4 N–H and O–H groups in total. The second-order valence-corrected chi connectivity index (χ2v) is 5.99. The van der Waals surface area contributed by atoms with Gasteiger partial charge >= 0.3 is 5.97 Å². The van der Waals surface area contributed by atoms with Gasteiger partial charge in [-0.15, -0.1) is 0 Å². The molecule has 0 bridgehead atoms. The minimum absolute atomic E-state index is 0.00187. The van der Waals surface area contributed by atoms with Crippen molar-refractivity contribution in [1.29, 1.82) is 0 Å². The van der Waals surface area contributed by atoms with Crippen LogP contribution >= 0.6 is 0 Å². The molecule has 1 heterocycles. The number of aryl methyl sites for hydroxylation is 1. The minimum atomic E-state index is -1.09. The van der Waals surface area contributed by atoms with Gasteiger partial charge in [-0.2, -0.15) is 0 Å². The van der Waals surface area contributed by atoms with Gasteiger partial charge in [-0.1, -0.05) is 6.07 Å². The second-order valence-electron chi connectivity index (χ2n) is 5.99. The number of nitrogens with zero attached hydrogens (tertiary/aromatic N) is 1. The number of rotatable bonds is 3. The molecule has 122 valence electrons. The second kappa shape index (κ2) is 6.04. The predicted octanol–water partition coefficient (Wildman–Crippen LogP) is 2.51. The first-order valence-corrected chi connectivity index (χ1v) is 7.74. The summed E-state index contributed by atoms with van der Waals surface area (Å²) in [7, 11) is 0. The summed E-state index contributed by atoms with van der Waals surface area (Å²) in [5, 5.41) is 19.5. The van der Waals surface area contributed by atoms with Gasteiger partial charge in [0.1, 0.15) is 11.3 Å². The number of ether oxygens (including phenoxy) is 1. The molecule has 23 heavy (non-hydrogen) atoms. The Hall–Kier alpha value is -2.34. The van der Waals surface area contributed by atoms with Crippen LogP contribution in [0.3, 0.4) is 0 Å². The average molecular weight is 316 g/mol. The number of nitrogens with two attached hydrogens (primary N) is 1. The molecule has 0 amide bonds. The van der Waals surface area contributed by atoms with Crippen molar-refractivity contribution in [2.75, 3.05) is 5.73 Å². The van der Waals surface area contributed by atoms with E-state index < -0.39 is 5.97 Å². The van der Waals surface area contributed by atoms with Gasteiger partial charge in [0.05, 0.1) is 34.5 Å². The third-order valence-corrected chi connectivity index (χ3v) is 4.34. The summed E-state index contributed by atoms with van der Waals surface area (Å²) < 4.78 is 6.05. The fourth-order valence-electron chi connectivity index (χ4n) is 3.15. The molecule has 1 aliphatic carbocycles. The molecule has 1 aromatic heterocycles. The van der Waals surface area contributed by atoms with Gasteiger partial charge in [0.2, 0.25) is 0 Å². The summed E-state index contributed by atoms with van der Waals surface area (Å²) in [6.45, 7) is 1.63. The molecule has 2 aromatic rings. The number of aliphatic hydroxyl groups is 1. The number of carboxylic acids is 1. The lowest BCUT2D eigenvalue weighted by molar-refractivity contribution is 0.0672. The lowest BCUT2D eigenvalue weighted by atomic mass is 9.95. The predicted molar refractivity (Wildman–Crippen MR) is 86.7 cm³/mol. The van der Waals surface area contributed by atoms with Crippen LogP contribution in [0.1, 0.15) is 41.7 Å². The molecule has 0 spiro atoms. The van der Waals surface area contributed by atoms with Crippen molar-refractivity contribution in [1.82, 2.24) is 4.98 Å². The highest BCUT2D eigenvalue weighted by Gasteiger charge is 2.23. The molecule has 1 aromatic carbocycles. The third-order valence-electron chi connectivity index (χ3n) is 4.34. The van der Waals surface area contributed by atoms with E-state index in [1.54, 1.807) is 19.1 Å². The Kier molecular flexibility index (Phi) is 4.09. The first-order chi connectivity index (χ1) is 11.0. The first-order valence-electron chi connectivity index (χ1n) is 7.74. The molecule has 3 rings (SSSR count). The van der Waals surface area contributed by atoms with Gasteiger partial charge in [0, 0.05) is 0 Å². The molecule has 0 radical (unpaired) electrons. The maximum Gasteiger partial charge on any atom is 0.339 e. The van der Waals surface area contributed by atoms with Crippen molar-refractivity contribution in [3.63, 3.8) is 0 Å². The molecule has 1 fully saturated rings. The van der Waals surface area contributed by atoms with Crippen LogP contribution in [-0.2, 0) is 0 Å². The number of pyridine rings is 1. The Morgan fingerprint density at radius 2 is 2.00 bits per heavy atom.